The fourth-order valence-electron chi connectivity index (χ4n) is 2.13. The number of hydrogen-bond donors (Lipinski definition) is 0. The molecule has 1 heteroatoms. The van der Waals surface area contributed by atoms with E-state index in [0.717, 1.165) is 17.4 Å². The van der Waals surface area contributed by atoms with Crippen LogP contribution in [0.2, 0.25) is 0 Å². The van der Waals surface area contributed by atoms with Crippen molar-refractivity contribution < 1.29 is 4.74 Å². The van der Waals surface area contributed by atoms with E-state index in [1.54, 1.807) is 0 Å². The molecule has 2 aromatic rings. The van der Waals surface area contributed by atoms with Crippen molar-refractivity contribution in [2.45, 2.75) is 25.7 Å². The average Bonchev–Trinajstić information content (AvgIpc) is 3.23. The second kappa shape index (κ2) is 5.26. The molecule has 0 bridgehead atoms. The van der Waals surface area contributed by atoms with Gasteiger partial charge in [-0.25, -0.2) is 0 Å². The van der Waals surface area contributed by atoms with E-state index >= 15 is 0 Å². The molecule has 92 valence electrons. The zero-order chi connectivity index (χ0) is 12.2. The Morgan fingerprint density at radius 3 is 2.17 bits per heavy atom. The van der Waals surface area contributed by atoms with E-state index in [4.69, 9.17) is 4.74 Å². The van der Waals surface area contributed by atoms with Gasteiger partial charge in [0.15, 0.2) is 0 Å². The first kappa shape index (κ1) is 11.3. The lowest BCUT2D eigenvalue weighted by Crippen LogP contribution is -1.88. The molecule has 0 heterocycles. The molecule has 0 atom stereocenters. The molecule has 1 fully saturated rings. The summed E-state index contributed by atoms with van der Waals surface area (Å²) in [4.78, 5) is 0. The Hall–Kier alpha value is -1.76. The van der Waals surface area contributed by atoms with E-state index < -0.39 is 0 Å². The van der Waals surface area contributed by atoms with Crippen LogP contribution in [0.15, 0.2) is 54.6 Å². The van der Waals surface area contributed by atoms with Crippen LogP contribution in [0.1, 0.15) is 24.8 Å². The molecule has 1 saturated carbocycles. The van der Waals surface area contributed by atoms with Gasteiger partial charge in [0.05, 0.1) is 0 Å². The van der Waals surface area contributed by atoms with Gasteiger partial charge in [0, 0.05) is 0 Å². The standard InChI is InChI=1S/C17H18O/c1-2-4-16(5-3-1)18-17-12-10-15(11-13-17)9-8-14-6-7-14/h1-5,10-14H,6-9H2. The van der Waals surface area contributed by atoms with Gasteiger partial charge in [0.1, 0.15) is 11.5 Å². The Kier molecular flexibility index (Phi) is 3.31. The minimum atomic E-state index is 0.892. The van der Waals surface area contributed by atoms with Crippen molar-refractivity contribution in [3.05, 3.63) is 60.2 Å². The maximum absolute atomic E-state index is 5.77. The van der Waals surface area contributed by atoms with Crippen LogP contribution < -0.4 is 4.74 Å². The van der Waals surface area contributed by atoms with Crippen LogP contribution in [0.3, 0.4) is 0 Å². The molecule has 2 aromatic carbocycles. The highest BCUT2D eigenvalue weighted by atomic mass is 16.5. The Bertz CT molecular complexity index is 483. The second-order valence-electron chi connectivity index (χ2n) is 5.04. The molecule has 1 nitrogen and oxygen atoms in total. The highest BCUT2D eigenvalue weighted by molar-refractivity contribution is 5.32. The van der Waals surface area contributed by atoms with Crippen LogP contribution in [0.5, 0.6) is 11.5 Å². The summed E-state index contributed by atoms with van der Waals surface area (Å²) in [6.45, 7) is 0. The van der Waals surface area contributed by atoms with Crippen molar-refractivity contribution in [3.63, 3.8) is 0 Å². The van der Waals surface area contributed by atoms with Crippen molar-refractivity contribution in [1.82, 2.24) is 0 Å². The van der Waals surface area contributed by atoms with Crippen molar-refractivity contribution in [2.75, 3.05) is 0 Å². The van der Waals surface area contributed by atoms with Gasteiger partial charge < -0.3 is 4.74 Å². The fraction of sp³-hybridized carbons (Fsp3) is 0.294. The first-order chi connectivity index (χ1) is 8.90. The lowest BCUT2D eigenvalue weighted by Gasteiger charge is -2.06. The third-order valence-electron chi connectivity index (χ3n) is 3.44. The molecule has 1 aliphatic rings. The second-order valence-corrected chi connectivity index (χ2v) is 5.04. The molecule has 0 amide bonds. The number of rotatable bonds is 5. The molecule has 0 aliphatic heterocycles. The summed E-state index contributed by atoms with van der Waals surface area (Å²) in [5.41, 5.74) is 1.42. The van der Waals surface area contributed by atoms with Gasteiger partial charge >= 0.3 is 0 Å². The maximum Gasteiger partial charge on any atom is 0.127 e. The van der Waals surface area contributed by atoms with E-state index in [0.29, 0.717) is 0 Å². The van der Waals surface area contributed by atoms with Crippen LogP contribution in [-0.2, 0) is 6.42 Å². The Morgan fingerprint density at radius 1 is 0.833 bits per heavy atom. The van der Waals surface area contributed by atoms with E-state index in [-0.39, 0.29) is 0 Å². The van der Waals surface area contributed by atoms with E-state index in [1.807, 2.05) is 30.3 Å². The van der Waals surface area contributed by atoms with Gasteiger partial charge in [-0.3, -0.25) is 0 Å². The van der Waals surface area contributed by atoms with Crippen molar-refractivity contribution in [3.8, 4) is 11.5 Å². The lowest BCUT2D eigenvalue weighted by molar-refractivity contribution is 0.482. The highest BCUT2D eigenvalue weighted by Crippen LogP contribution is 2.33. The molecule has 0 aromatic heterocycles. The molecule has 0 saturated heterocycles. The molecular formula is C17H18O. The normalized spacial score (nSPS) is 14.4. The first-order valence-corrected chi connectivity index (χ1v) is 6.72. The van der Waals surface area contributed by atoms with Crippen molar-refractivity contribution in [2.24, 2.45) is 5.92 Å². The third kappa shape index (κ3) is 3.13. The third-order valence-corrected chi connectivity index (χ3v) is 3.44. The number of para-hydroxylation sites is 1. The number of benzene rings is 2. The van der Waals surface area contributed by atoms with Crippen LogP contribution in [0.25, 0.3) is 0 Å². The van der Waals surface area contributed by atoms with E-state index in [1.165, 1.54) is 31.2 Å². The minimum Gasteiger partial charge on any atom is -0.457 e. The molecule has 0 radical (unpaired) electrons. The van der Waals surface area contributed by atoms with Gasteiger partial charge in [-0.05, 0) is 48.6 Å². The average molecular weight is 238 g/mol. The number of ether oxygens (including phenoxy) is 1. The predicted octanol–water partition coefficient (Wildman–Crippen LogP) is 4.82. The lowest BCUT2D eigenvalue weighted by atomic mass is 10.1. The summed E-state index contributed by atoms with van der Waals surface area (Å²) >= 11 is 0. The summed E-state index contributed by atoms with van der Waals surface area (Å²) in [5, 5.41) is 0. The van der Waals surface area contributed by atoms with Crippen molar-refractivity contribution >= 4 is 0 Å². The van der Waals surface area contributed by atoms with E-state index in [9.17, 15) is 0 Å². The largest absolute Gasteiger partial charge is 0.457 e. The molecule has 1 aliphatic carbocycles. The van der Waals surface area contributed by atoms with Crippen molar-refractivity contribution in [1.29, 1.82) is 0 Å². The number of aryl methyl sites for hydroxylation is 1. The molecule has 0 spiro atoms. The maximum atomic E-state index is 5.77. The minimum absolute atomic E-state index is 0.892. The van der Waals surface area contributed by atoms with Gasteiger partial charge in [0.25, 0.3) is 0 Å². The first-order valence-electron chi connectivity index (χ1n) is 6.72. The molecule has 0 N–H and O–H groups in total. The van der Waals surface area contributed by atoms with E-state index in [2.05, 4.69) is 24.3 Å². The monoisotopic (exact) mass is 238 g/mol. The Labute approximate surface area is 108 Å². The molecule has 18 heavy (non-hydrogen) atoms. The SMILES string of the molecule is c1ccc(Oc2ccc(CCC3CC3)cc2)cc1. The number of hydrogen-bond acceptors (Lipinski definition) is 1. The fourth-order valence-corrected chi connectivity index (χ4v) is 2.13. The highest BCUT2D eigenvalue weighted by Gasteiger charge is 2.20. The summed E-state index contributed by atoms with van der Waals surface area (Å²) in [5.74, 6) is 2.81. The smallest absolute Gasteiger partial charge is 0.127 e. The summed E-state index contributed by atoms with van der Waals surface area (Å²) in [6, 6.07) is 18.4. The van der Waals surface area contributed by atoms with Crippen LogP contribution in [0.4, 0.5) is 0 Å². The summed E-state index contributed by atoms with van der Waals surface area (Å²) in [6.07, 6.45) is 5.43. The van der Waals surface area contributed by atoms with Gasteiger partial charge in [-0.2, -0.15) is 0 Å². The van der Waals surface area contributed by atoms with Crippen LogP contribution in [0, 0.1) is 5.92 Å². The van der Waals surface area contributed by atoms with Crippen LogP contribution >= 0.6 is 0 Å². The molecular weight excluding hydrogens is 220 g/mol. The zero-order valence-electron chi connectivity index (χ0n) is 10.5. The molecule has 3 rings (SSSR count). The van der Waals surface area contributed by atoms with Gasteiger partial charge in [-0.1, -0.05) is 43.2 Å². The quantitative estimate of drug-likeness (QED) is 0.725. The summed E-state index contributed by atoms with van der Waals surface area (Å²) < 4.78 is 5.77. The summed E-state index contributed by atoms with van der Waals surface area (Å²) in [7, 11) is 0. The Morgan fingerprint density at radius 2 is 1.50 bits per heavy atom. The predicted molar refractivity (Wildman–Crippen MR) is 74.0 cm³/mol. The van der Waals surface area contributed by atoms with Gasteiger partial charge in [0.2, 0.25) is 0 Å². The Balaban J connectivity index is 1.59. The zero-order valence-corrected chi connectivity index (χ0v) is 10.5. The topological polar surface area (TPSA) is 9.23 Å². The van der Waals surface area contributed by atoms with Crippen LogP contribution in [-0.4, -0.2) is 0 Å². The van der Waals surface area contributed by atoms with Gasteiger partial charge in [-0.15, -0.1) is 0 Å². The molecule has 0 unspecified atom stereocenters.